The molecule has 0 spiro atoms. The van der Waals surface area contributed by atoms with E-state index in [0.717, 1.165) is 0 Å². The van der Waals surface area contributed by atoms with Gasteiger partial charge < -0.3 is 5.11 Å². The molecule has 1 saturated carbocycles. The summed E-state index contributed by atoms with van der Waals surface area (Å²) in [5.41, 5.74) is 0. The highest BCUT2D eigenvalue weighted by atomic mass is 35.5. The lowest BCUT2D eigenvalue weighted by Crippen LogP contribution is -2.32. The first kappa shape index (κ1) is 12.6. The summed E-state index contributed by atoms with van der Waals surface area (Å²) in [4.78, 5) is 12.0. The van der Waals surface area contributed by atoms with E-state index in [1.807, 2.05) is 0 Å². The SMILES string of the molecule is Cl.O=C(O)CN1CC2CCC(F)(F)C2C1. The fourth-order valence-electron chi connectivity index (χ4n) is 2.62. The molecule has 1 saturated heterocycles. The molecule has 1 aliphatic carbocycles. The van der Waals surface area contributed by atoms with Crippen molar-refractivity contribution in [2.45, 2.75) is 18.8 Å². The van der Waals surface area contributed by atoms with Gasteiger partial charge in [0.2, 0.25) is 0 Å². The average molecular weight is 242 g/mol. The molecule has 88 valence electrons. The molecular formula is C9H14ClF2NO2. The van der Waals surface area contributed by atoms with Crippen LogP contribution in [0.25, 0.3) is 0 Å². The number of nitrogens with zero attached hydrogens (tertiary/aromatic N) is 1. The Morgan fingerprint density at radius 2 is 2.13 bits per heavy atom. The number of carbonyl (C=O) groups is 1. The number of hydrogen-bond acceptors (Lipinski definition) is 2. The minimum atomic E-state index is -2.57. The Bertz CT molecular complexity index is 262. The molecule has 2 unspecified atom stereocenters. The lowest BCUT2D eigenvalue weighted by molar-refractivity contribution is -0.138. The Balaban J connectivity index is 0.00000112. The van der Waals surface area contributed by atoms with Crippen LogP contribution in [0.1, 0.15) is 12.8 Å². The maximum Gasteiger partial charge on any atom is 0.317 e. The molecule has 2 rings (SSSR count). The molecule has 6 heteroatoms. The number of likely N-dealkylation sites (tertiary alicyclic amines) is 1. The largest absolute Gasteiger partial charge is 0.480 e. The Labute approximate surface area is 92.8 Å². The minimum absolute atomic E-state index is 0. The quantitative estimate of drug-likeness (QED) is 0.796. The van der Waals surface area contributed by atoms with Crippen molar-refractivity contribution in [2.24, 2.45) is 11.8 Å². The molecule has 0 aromatic heterocycles. The number of fused-ring (bicyclic) bond motifs is 1. The summed E-state index contributed by atoms with van der Waals surface area (Å²) in [5.74, 6) is -4.11. The maximum atomic E-state index is 13.2. The molecule has 0 aromatic rings. The Morgan fingerprint density at radius 1 is 1.47 bits per heavy atom. The normalized spacial score (nSPS) is 33.5. The Hall–Kier alpha value is -0.420. The standard InChI is InChI=1S/C9H13F2NO2.ClH/c10-9(11)2-1-6-3-12(4-7(6)9)5-8(13)14;/h6-7H,1-5H2,(H,13,14);1H. The number of carboxylic acids is 1. The summed E-state index contributed by atoms with van der Waals surface area (Å²) >= 11 is 0. The van der Waals surface area contributed by atoms with E-state index in [-0.39, 0.29) is 37.8 Å². The second-order valence-electron chi connectivity index (χ2n) is 4.25. The number of rotatable bonds is 2. The third-order valence-corrected chi connectivity index (χ3v) is 3.27. The minimum Gasteiger partial charge on any atom is -0.480 e. The van der Waals surface area contributed by atoms with Crippen molar-refractivity contribution in [2.75, 3.05) is 19.6 Å². The fraction of sp³-hybridized carbons (Fsp3) is 0.889. The van der Waals surface area contributed by atoms with Gasteiger partial charge in [0.25, 0.3) is 5.92 Å². The molecule has 2 atom stereocenters. The molecule has 1 heterocycles. The molecule has 0 amide bonds. The van der Waals surface area contributed by atoms with E-state index in [2.05, 4.69) is 0 Å². The van der Waals surface area contributed by atoms with Crippen LogP contribution in [0.2, 0.25) is 0 Å². The van der Waals surface area contributed by atoms with Crippen molar-refractivity contribution in [1.29, 1.82) is 0 Å². The van der Waals surface area contributed by atoms with Gasteiger partial charge >= 0.3 is 5.97 Å². The second-order valence-corrected chi connectivity index (χ2v) is 4.25. The molecular weight excluding hydrogens is 228 g/mol. The fourth-order valence-corrected chi connectivity index (χ4v) is 2.62. The Morgan fingerprint density at radius 3 is 2.67 bits per heavy atom. The third-order valence-electron chi connectivity index (χ3n) is 3.27. The topological polar surface area (TPSA) is 40.5 Å². The van der Waals surface area contributed by atoms with Crippen LogP contribution in [-0.4, -0.2) is 41.5 Å². The molecule has 15 heavy (non-hydrogen) atoms. The van der Waals surface area contributed by atoms with Crippen LogP contribution in [0.3, 0.4) is 0 Å². The van der Waals surface area contributed by atoms with Gasteiger partial charge in [-0.2, -0.15) is 0 Å². The monoisotopic (exact) mass is 241 g/mol. The predicted molar refractivity (Wildman–Crippen MR) is 52.5 cm³/mol. The lowest BCUT2D eigenvalue weighted by Gasteiger charge is -2.18. The summed E-state index contributed by atoms with van der Waals surface area (Å²) in [5, 5.41) is 8.54. The smallest absolute Gasteiger partial charge is 0.317 e. The highest BCUT2D eigenvalue weighted by Crippen LogP contribution is 2.47. The first-order valence-electron chi connectivity index (χ1n) is 4.81. The summed E-state index contributed by atoms with van der Waals surface area (Å²) in [6.07, 6.45) is 0.511. The van der Waals surface area contributed by atoms with Gasteiger partial charge in [0.05, 0.1) is 6.54 Å². The van der Waals surface area contributed by atoms with Gasteiger partial charge in [-0.05, 0) is 12.3 Å². The van der Waals surface area contributed by atoms with Crippen LogP contribution in [0.15, 0.2) is 0 Å². The summed E-state index contributed by atoms with van der Waals surface area (Å²) in [6, 6.07) is 0. The third kappa shape index (κ3) is 2.39. The zero-order chi connectivity index (χ0) is 10.3. The van der Waals surface area contributed by atoms with Crippen LogP contribution in [0, 0.1) is 11.8 Å². The van der Waals surface area contributed by atoms with Gasteiger partial charge in [-0.3, -0.25) is 9.69 Å². The van der Waals surface area contributed by atoms with Crippen LogP contribution in [0.4, 0.5) is 8.78 Å². The van der Waals surface area contributed by atoms with Crippen LogP contribution >= 0.6 is 12.4 Å². The highest BCUT2D eigenvalue weighted by Gasteiger charge is 2.53. The van der Waals surface area contributed by atoms with Gasteiger partial charge in [-0.15, -0.1) is 12.4 Å². The van der Waals surface area contributed by atoms with E-state index in [4.69, 9.17) is 5.11 Å². The predicted octanol–water partition coefficient (Wildman–Crippen LogP) is 1.47. The molecule has 0 bridgehead atoms. The van der Waals surface area contributed by atoms with Crippen LogP contribution < -0.4 is 0 Å². The average Bonchev–Trinajstić information content (AvgIpc) is 2.53. The van der Waals surface area contributed by atoms with E-state index in [0.29, 0.717) is 13.0 Å². The van der Waals surface area contributed by atoms with Crippen molar-refractivity contribution < 1.29 is 18.7 Å². The van der Waals surface area contributed by atoms with Crippen molar-refractivity contribution in [3.63, 3.8) is 0 Å². The zero-order valence-electron chi connectivity index (χ0n) is 8.16. The molecule has 2 fully saturated rings. The summed E-state index contributed by atoms with van der Waals surface area (Å²) in [6.45, 7) is 0.652. The van der Waals surface area contributed by atoms with E-state index in [1.54, 1.807) is 4.90 Å². The number of carboxylic acid groups (broad SMARTS) is 1. The van der Waals surface area contributed by atoms with Gasteiger partial charge in [0, 0.05) is 25.4 Å². The zero-order valence-corrected chi connectivity index (χ0v) is 8.97. The summed E-state index contributed by atoms with van der Waals surface area (Å²) in [7, 11) is 0. The van der Waals surface area contributed by atoms with Crippen molar-refractivity contribution in [1.82, 2.24) is 4.90 Å². The second kappa shape index (κ2) is 4.22. The number of alkyl halides is 2. The van der Waals surface area contributed by atoms with Crippen LogP contribution in [-0.2, 0) is 4.79 Å². The van der Waals surface area contributed by atoms with Crippen molar-refractivity contribution in [3.8, 4) is 0 Å². The van der Waals surface area contributed by atoms with Gasteiger partial charge in [0.15, 0.2) is 0 Å². The number of halogens is 3. The van der Waals surface area contributed by atoms with Gasteiger partial charge in [-0.1, -0.05) is 0 Å². The van der Waals surface area contributed by atoms with E-state index >= 15 is 0 Å². The lowest BCUT2D eigenvalue weighted by atomic mass is 9.99. The maximum absolute atomic E-state index is 13.2. The summed E-state index contributed by atoms with van der Waals surface area (Å²) < 4.78 is 26.5. The van der Waals surface area contributed by atoms with Crippen molar-refractivity contribution in [3.05, 3.63) is 0 Å². The Kier molecular flexibility index (Phi) is 3.55. The highest BCUT2D eigenvalue weighted by molar-refractivity contribution is 5.85. The molecule has 1 N–H and O–H groups in total. The molecule has 0 radical (unpaired) electrons. The van der Waals surface area contributed by atoms with Crippen molar-refractivity contribution >= 4 is 18.4 Å². The first-order valence-corrected chi connectivity index (χ1v) is 4.81. The van der Waals surface area contributed by atoms with Crippen LogP contribution in [0.5, 0.6) is 0 Å². The molecule has 0 aromatic carbocycles. The van der Waals surface area contributed by atoms with E-state index in [9.17, 15) is 13.6 Å². The molecule has 3 nitrogen and oxygen atoms in total. The molecule has 1 aliphatic heterocycles. The molecule has 2 aliphatic rings. The van der Waals surface area contributed by atoms with Gasteiger partial charge in [0.1, 0.15) is 0 Å². The first-order chi connectivity index (χ1) is 6.49. The van der Waals surface area contributed by atoms with E-state index in [1.165, 1.54) is 0 Å². The van der Waals surface area contributed by atoms with E-state index < -0.39 is 17.8 Å². The number of aliphatic carboxylic acids is 1. The van der Waals surface area contributed by atoms with Gasteiger partial charge in [-0.25, -0.2) is 8.78 Å². The number of hydrogen-bond donors (Lipinski definition) is 1.